The summed E-state index contributed by atoms with van der Waals surface area (Å²) in [5.41, 5.74) is 1.19. The van der Waals surface area contributed by atoms with Crippen molar-refractivity contribution in [2.24, 2.45) is 0 Å². The smallest absolute Gasteiger partial charge is 0.295 e. The molecule has 0 aliphatic carbocycles. The fourth-order valence-corrected chi connectivity index (χ4v) is 1.67. The summed E-state index contributed by atoms with van der Waals surface area (Å²) in [4.78, 5) is 16.3. The number of anilines is 1. The van der Waals surface area contributed by atoms with Gasteiger partial charge in [0.2, 0.25) is 5.82 Å². The largest absolute Gasteiger partial charge is 0.508 e. The molecule has 20 heavy (non-hydrogen) atoms. The quantitative estimate of drug-likeness (QED) is 0.733. The van der Waals surface area contributed by atoms with Crippen molar-refractivity contribution in [3.63, 3.8) is 0 Å². The maximum absolute atomic E-state index is 12.1. The van der Waals surface area contributed by atoms with Gasteiger partial charge >= 0.3 is 0 Å². The van der Waals surface area contributed by atoms with Crippen LogP contribution in [0.5, 0.6) is 5.75 Å². The molecule has 2 rings (SSSR count). The number of benzene rings is 1. The van der Waals surface area contributed by atoms with E-state index in [1.54, 1.807) is 19.1 Å². The van der Waals surface area contributed by atoms with Crippen LogP contribution in [0.1, 0.15) is 42.8 Å². The molecular formula is C14H18N4O2. The van der Waals surface area contributed by atoms with Crippen LogP contribution < -0.4 is 5.32 Å². The van der Waals surface area contributed by atoms with Gasteiger partial charge in [-0.25, -0.2) is 4.98 Å². The number of amides is 1. The van der Waals surface area contributed by atoms with Crippen molar-refractivity contribution in [3.05, 3.63) is 35.4 Å². The Morgan fingerprint density at radius 1 is 1.35 bits per heavy atom. The van der Waals surface area contributed by atoms with Crippen molar-refractivity contribution in [2.45, 2.75) is 33.1 Å². The molecule has 1 aromatic heterocycles. The van der Waals surface area contributed by atoms with Crippen molar-refractivity contribution in [1.29, 1.82) is 0 Å². The third kappa shape index (κ3) is 2.96. The molecule has 0 radical (unpaired) electrons. The molecule has 6 heteroatoms. The number of carbonyl (C=O) groups excluding carboxylic acids is 1. The number of rotatable bonds is 2. The number of aryl methyl sites for hydroxylation is 1. The van der Waals surface area contributed by atoms with E-state index in [0.717, 1.165) is 5.56 Å². The highest BCUT2D eigenvalue weighted by molar-refractivity contribution is 6.01. The zero-order chi connectivity index (χ0) is 14.9. The normalized spacial score (nSPS) is 11.4. The summed E-state index contributed by atoms with van der Waals surface area (Å²) in [7, 11) is 0. The molecule has 0 bridgehead atoms. The van der Waals surface area contributed by atoms with Crippen molar-refractivity contribution in [3.8, 4) is 5.75 Å². The molecule has 0 spiro atoms. The van der Waals surface area contributed by atoms with Crippen molar-refractivity contribution >= 4 is 11.6 Å². The van der Waals surface area contributed by atoms with Gasteiger partial charge in [0, 0.05) is 11.1 Å². The van der Waals surface area contributed by atoms with E-state index in [-0.39, 0.29) is 22.9 Å². The van der Waals surface area contributed by atoms with Crippen LogP contribution in [0.15, 0.2) is 18.2 Å². The SMILES string of the molecule is Cc1cc(O)ccc1NC(=O)c1n[nH]c(C(C)(C)C)n1. The Balaban J connectivity index is 2.18. The number of hydrogen-bond donors (Lipinski definition) is 3. The Morgan fingerprint density at radius 2 is 2.05 bits per heavy atom. The molecule has 0 atom stereocenters. The van der Waals surface area contributed by atoms with Crippen molar-refractivity contribution in [1.82, 2.24) is 15.2 Å². The minimum atomic E-state index is -0.384. The van der Waals surface area contributed by atoms with Gasteiger partial charge in [0.15, 0.2) is 0 Å². The van der Waals surface area contributed by atoms with Crippen molar-refractivity contribution in [2.75, 3.05) is 5.32 Å². The molecule has 6 nitrogen and oxygen atoms in total. The van der Waals surface area contributed by atoms with Gasteiger partial charge in [0.25, 0.3) is 5.91 Å². The number of carbonyl (C=O) groups is 1. The number of nitrogens with zero attached hydrogens (tertiary/aromatic N) is 2. The summed E-state index contributed by atoms with van der Waals surface area (Å²) >= 11 is 0. The van der Waals surface area contributed by atoms with Crippen LogP contribution in [0.3, 0.4) is 0 Å². The topological polar surface area (TPSA) is 90.9 Å². The van der Waals surface area contributed by atoms with E-state index >= 15 is 0 Å². The zero-order valence-corrected chi connectivity index (χ0v) is 12.0. The van der Waals surface area contributed by atoms with Gasteiger partial charge in [-0.15, -0.1) is 5.10 Å². The lowest BCUT2D eigenvalue weighted by Gasteiger charge is -2.12. The lowest BCUT2D eigenvalue weighted by molar-refractivity contribution is 0.101. The second kappa shape index (κ2) is 4.96. The summed E-state index contributed by atoms with van der Waals surface area (Å²) in [6.45, 7) is 7.76. The molecule has 1 amide bonds. The van der Waals surface area contributed by atoms with Gasteiger partial charge in [-0.05, 0) is 30.7 Å². The van der Waals surface area contributed by atoms with Gasteiger partial charge in [0.1, 0.15) is 11.6 Å². The number of phenols is 1. The third-order valence-electron chi connectivity index (χ3n) is 2.86. The lowest BCUT2D eigenvalue weighted by atomic mass is 9.96. The van der Waals surface area contributed by atoms with E-state index in [1.807, 2.05) is 20.8 Å². The second-order valence-corrected chi connectivity index (χ2v) is 5.71. The molecule has 0 aliphatic heterocycles. The summed E-state index contributed by atoms with van der Waals surface area (Å²) < 4.78 is 0. The van der Waals surface area contributed by atoms with Gasteiger partial charge in [-0.1, -0.05) is 20.8 Å². The Morgan fingerprint density at radius 3 is 2.60 bits per heavy atom. The second-order valence-electron chi connectivity index (χ2n) is 5.71. The summed E-state index contributed by atoms with van der Waals surface area (Å²) in [5.74, 6) is 0.534. The average Bonchev–Trinajstić information content (AvgIpc) is 2.82. The number of hydrogen-bond acceptors (Lipinski definition) is 4. The predicted molar refractivity (Wildman–Crippen MR) is 75.9 cm³/mol. The van der Waals surface area contributed by atoms with E-state index in [4.69, 9.17) is 0 Å². The molecule has 0 saturated carbocycles. The molecule has 0 unspecified atom stereocenters. The number of H-pyrrole nitrogens is 1. The standard InChI is InChI=1S/C14H18N4O2/c1-8-7-9(19)5-6-10(8)15-12(20)11-16-13(18-17-11)14(2,3)4/h5-7,19H,1-4H3,(H,15,20)(H,16,17,18). The van der Waals surface area contributed by atoms with Crippen LogP contribution >= 0.6 is 0 Å². The fourth-order valence-electron chi connectivity index (χ4n) is 1.67. The molecule has 0 saturated heterocycles. The van der Waals surface area contributed by atoms with E-state index in [2.05, 4.69) is 20.5 Å². The molecular weight excluding hydrogens is 256 g/mol. The first-order valence-electron chi connectivity index (χ1n) is 6.31. The number of nitrogens with one attached hydrogen (secondary N) is 2. The third-order valence-corrected chi connectivity index (χ3v) is 2.86. The first-order valence-corrected chi connectivity index (χ1v) is 6.31. The van der Waals surface area contributed by atoms with Crippen LogP contribution in [0.25, 0.3) is 0 Å². The Hall–Kier alpha value is -2.37. The predicted octanol–water partition coefficient (Wildman–Crippen LogP) is 2.37. The van der Waals surface area contributed by atoms with E-state index in [9.17, 15) is 9.90 Å². The van der Waals surface area contributed by atoms with E-state index in [0.29, 0.717) is 11.5 Å². The maximum atomic E-state index is 12.1. The summed E-state index contributed by atoms with van der Waals surface area (Å²) in [5, 5.41) is 18.8. The maximum Gasteiger partial charge on any atom is 0.295 e. The number of aromatic amines is 1. The molecule has 3 N–H and O–H groups in total. The monoisotopic (exact) mass is 274 g/mol. The Kier molecular flexibility index (Phi) is 3.48. The number of aromatic nitrogens is 3. The average molecular weight is 274 g/mol. The minimum absolute atomic E-state index is 0.0994. The highest BCUT2D eigenvalue weighted by Gasteiger charge is 2.21. The van der Waals surface area contributed by atoms with E-state index < -0.39 is 0 Å². The fraction of sp³-hybridized carbons (Fsp3) is 0.357. The van der Waals surface area contributed by atoms with Crippen LogP contribution in [-0.4, -0.2) is 26.2 Å². The van der Waals surface area contributed by atoms with Crippen molar-refractivity contribution < 1.29 is 9.90 Å². The molecule has 106 valence electrons. The van der Waals surface area contributed by atoms with Crippen LogP contribution in [-0.2, 0) is 5.41 Å². The van der Waals surface area contributed by atoms with Gasteiger partial charge in [-0.3, -0.25) is 9.89 Å². The van der Waals surface area contributed by atoms with Gasteiger partial charge < -0.3 is 10.4 Å². The zero-order valence-electron chi connectivity index (χ0n) is 12.0. The summed E-state index contributed by atoms with van der Waals surface area (Å²) in [6, 6.07) is 4.73. The number of phenolic OH excluding ortho intramolecular Hbond substituents is 1. The van der Waals surface area contributed by atoms with Crippen LogP contribution in [0, 0.1) is 6.92 Å². The van der Waals surface area contributed by atoms with Crippen LogP contribution in [0.2, 0.25) is 0 Å². The summed E-state index contributed by atoms with van der Waals surface area (Å²) in [6.07, 6.45) is 0. The molecule has 1 heterocycles. The Labute approximate surface area is 117 Å². The minimum Gasteiger partial charge on any atom is -0.508 e. The van der Waals surface area contributed by atoms with Crippen LogP contribution in [0.4, 0.5) is 5.69 Å². The molecule has 0 aliphatic rings. The van der Waals surface area contributed by atoms with Gasteiger partial charge in [-0.2, -0.15) is 0 Å². The number of aromatic hydroxyl groups is 1. The van der Waals surface area contributed by atoms with E-state index in [1.165, 1.54) is 6.07 Å². The Bertz CT molecular complexity index is 641. The molecule has 1 aromatic carbocycles. The first kappa shape index (κ1) is 14.0. The molecule has 0 fully saturated rings. The molecule has 2 aromatic rings. The highest BCUT2D eigenvalue weighted by atomic mass is 16.3. The lowest BCUT2D eigenvalue weighted by Crippen LogP contribution is -2.16. The highest BCUT2D eigenvalue weighted by Crippen LogP contribution is 2.21. The van der Waals surface area contributed by atoms with Gasteiger partial charge in [0.05, 0.1) is 0 Å². The first-order chi connectivity index (χ1) is 9.27.